The third-order valence-corrected chi connectivity index (χ3v) is 0.898. The van der Waals surface area contributed by atoms with Crippen LogP contribution in [-0.4, -0.2) is 18.0 Å². The van der Waals surface area contributed by atoms with Crippen molar-refractivity contribution in [2.24, 2.45) is 5.73 Å². The van der Waals surface area contributed by atoms with E-state index in [2.05, 4.69) is 10.9 Å². The van der Waals surface area contributed by atoms with Gasteiger partial charge in [-0.15, -0.1) is 0 Å². The Morgan fingerprint density at radius 2 is 1.90 bits per heavy atom. The van der Waals surface area contributed by atoms with E-state index in [1.54, 1.807) is 6.92 Å². The highest BCUT2D eigenvalue weighted by Crippen LogP contribution is 1.74. The highest BCUT2D eigenvalue weighted by Gasteiger charge is 2.05. The molecule has 0 saturated carbocycles. The van der Waals surface area contributed by atoms with Crippen LogP contribution in [-0.2, 0) is 4.79 Å². The van der Waals surface area contributed by atoms with Crippen LogP contribution in [0.1, 0.15) is 20.8 Å². The van der Waals surface area contributed by atoms with E-state index in [9.17, 15) is 4.79 Å². The molecule has 0 radical (unpaired) electrons. The Bertz CT molecular complexity index is 112. The number of rotatable bonds is 3. The van der Waals surface area contributed by atoms with Crippen molar-refractivity contribution < 1.29 is 4.79 Å². The van der Waals surface area contributed by atoms with Crippen molar-refractivity contribution in [2.75, 3.05) is 0 Å². The number of hydrazine groups is 1. The SMILES string of the molecule is CC(C)NNC(=O)C(C)N. The highest BCUT2D eigenvalue weighted by molar-refractivity contribution is 5.80. The molecule has 0 spiro atoms. The lowest BCUT2D eigenvalue weighted by Gasteiger charge is -2.11. The third kappa shape index (κ3) is 4.29. The van der Waals surface area contributed by atoms with Crippen LogP contribution >= 0.6 is 0 Å². The van der Waals surface area contributed by atoms with Crippen molar-refractivity contribution >= 4 is 5.91 Å². The second-order valence-corrected chi connectivity index (χ2v) is 2.58. The van der Waals surface area contributed by atoms with Crippen LogP contribution in [0.15, 0.2) is 0 Å². The van der Waals surface area contributed by atoms with Gasteiger partial charge in [0.2, 0.25) is 0 Å². The molecule has 1 amide bonds. The summed E-state index contributed by atoms with van der Waals surface area (Å²) in [7, 11) is 0. The first-order valence-electron chi connectivity index (χ1n) is 3.35. The second kappa shape index (κ2) is 4.24. The van der Waals surface area contributed by atoms with Crippen LogP contribution < -0.4 is 16.6 Å². The van der Waals surface area contributed by atoms with Crippen molar-refractivity contribution in [3.05, 3.63) is 0 Å². The topological polar surface area (TPSA) is 67.1 Å². The maximum Gasteiger partial charge on any atom is 0.250 e. The van der Waals surface area contributed by atoms with Gasteiger partial charge >= 0.3 is 0 Å². The van der Waals surface area contributed by atoms with Crippen molar-refractivity contribution in [1.82, 2.24) is 10.9 Å². The van der Waals surface area contributed by atoms with Crippen LogP contribution in [0.25, 0.3) is 0 Å². The molecule has 0 aromatic heterocycles. The Morgan fingerprint density at radius 1 is 1.40 bits per heavy atom. The number of hydrogen-bond donors (Lipinski definition) is 3. The first kappa shape index (κ1) is 9.39. The molecule has 0 aromatic carbocycles. The molecule has 4 nitrogen and oxygen atoms in total. The fourth-order valence-corrected chi connectivity index (χ4v) is 0.329. The van der Waals surface area contributed by atoms with Gasteiger partial charge in [0.1, 0.15) is 0 Å². The van der Waals surface area contributed by atoms with Crippen LogP contribution in [0, 0.1) is 0 Å². The van der Waals surface area contributed by atoms with E-state index >= 15 is 0 Å². The van der Waals surface area contributed by atoms with Gasteiger partial charge in [-0.25, -0.2) is 5.43 Å². The van der Waals surface area contributed by atoms with Gasteiger partial charge in [0.15, 0.2) is 0 Å². The molecule has 1 atom stereocenters. The van der Waals surface area contributed by atoms with Gasteiger partial charge in [0, 0.05) is 6.04 Å². The molecule has 0 aliphatic heterocycles. The smallest absolute Gasteiger partial charge is 0.250 e. The summed E-state index contributed by atoms with van der Waals surface area (Å²) in [6.07, 6.45) is 0. The standard InChI is InChI=1S/C6H15N3O/c1-4(2)8-9-6(10)5(3)7/h4-5,8H,7H2,1-3H3,(H,9,10). The quantitative estimate of drug-likeness (QED) is 0.463. The van der Waals surface area contributed by atoms with Crippen molar-refractivity contribution in [2.45, 2.75) is 32.9 Å². The molecule has 4 N–H and O–H groups in total. The Labute approximate surface area is 61.1 Å². The van der Waals surface area contributed by atoms with Crippen molar-refractivity contribution in [3.63, 3.8) is 0 Å². The Morgan fingerprint density at radius 3 is 2.20 bits per heavy atom. The Balaban J connectivity index is 3.40. The first-order valence-corrected chi connectivity index (χ1v) is 3.35. The van der Waals surface area contributed by atoms with Crippen LogP contribution in [0.3, 0.4) is 0 Å². The van der Waals surface area contributed by atoms with Gasteiger partial charge in [-0.1, -0.05) is 0 Å². The lowest BCUT2D eigenvalue weighted by molar-refractivity contribution is -0.123. The number of carbonyl (C=O) groups excluding carboxylic acids is 1. The van der Waals surface area contributed by atoms with Gasteiger partial charge < -0.3 is 5.73 Å². The largest absolute Gasteiger partial charge is 0.320 e. The molecule has 10 heavy (non-hydrogen) atoms. The summed E-state index contributed by atoms with van der Waals surface area (Å²) in [5, 5.41) is 0. The van der Waals surface area contributed by atoms with Crippen LogP contribution in [0.4, 0.5) is 0 Å². The summed E-state index contributed by atoms with van der Waals surface area (Å²) in [5.41, 5.74) is 10.5. The summed E-state index contributed by atoms with van der Waals surface area (Å²) in [5.74, 6) is -0.186. The Hall–Kier alpha value is -0.610. The molecule has 0 heterocycles. The van der Waals surface area contributed by atoms with Crippen LogP contribution in [0.5, 0.6) is 0 Å². The van der Waals surface area contributed by atoms with E-state index in [4.69, 9.17) is 5.73 Å². The van der Waals surface area contributed by atoms with E-state index < -0.39 is 6.04 Å². The van der Waals surface area contributed by atoms with E-state index in [0.717, 1.165) is 0 Å². The summed E-state index contributed by atoms with van der Waals surface area (Å²) in [6.45, 7) is 5.50. The van der Waals surface area contributed by atoms with Gasteiger partial charge in [-0.2, -0.15) is 0 Å². The van der Waals surface area contributed by atoms with Crippen molar-refractivity contribution in [1.29, 1.82) is 0 Å². The number of carbonyl (C=O) groups is 1. The fraction of sp³-hybridized carbons (Fsp3) is 0.833. The molecule has 0 rings (SSSR count). The summed E-state index contributed by atoms with van der Waals surface area (Å²) < 4.78 is 0. The number of nitrogens with two attached hydrogens (primary N) is 1. The normalized spacial score (nSPS) is 13.3. The summed E-state index contributed by atoms with van der Waals surface area (Å²) in [4.78, 5) is 10.7. The van der Waals surface area contributed by atoms with Gasteiger partial charge in [-0.05, 0) is 20.8 Å². The number of nitrogens with one attached hydrogen (secondary N) is 2. The molecule has 1 unspecified atom stereocenters. The number of amides is 1. The molecular formula is C6H15N3O. The predicted molar refractivity (Wildman–Crippen MR) is 40.1 cm³/mol. The van der Waals surface area contributed by atoms with E-state index in [1.165, 1.54) is 0 Å². The summed E-state index contributed by atoms with van der Waals surface area (Å²) >= 11 is 0. The predicted octanol–water partition coefficient (Wildman–Crippen LogP) is -0.637. The lowest BCUT2D eigenvalue weighted by Crippen LogP contribution is -2.48. The maximum absolute atomic E-state index is 10.7. The third-order valence-electron chi connectivity index (χ3n) is 0.898. The molecule has 0 aromatic rings. The van der Waals surface area contributed by atoms with E-state index in [1.807, 2.05) is 13.8 Å². The average molecular weight is 145 g/mol. The average Bonchev–Trinajstić information content (AvgIpc) is 1.82. The molecule has 0 fully saturated rings. The zero-order valence-electron chi connectivity index (χ0n) is 6.64. The minimum absolute atomic E-state index is 0.186. The summed E-state index contributed by atoms with van der Waals surface area (Å²) in [6, 6.07) is -0.214. The minimum atomic E-state index is -0.453. The minimum Gasteiger partial charge on any atom is -0.320 e. The molecule has 0 aliphatic carbocycles. The fourth-order valence-electron chi connectivity index (χ4n) is 0.329. The van der Waals surface area contributed by atoms with Crippen molar-refractivity contribution in [3.8, 4) is 0 Å². The van der Waals surface area contributed by atoms with Crippen LogP contribution in [0.2, 0.25) is 0 Å². The first-order chi connectivity index (χ1) is 4.54. The van der Waals surface area contributed by atoms with Gasteiger partial charge in [-0.3, -0.25) is 10.2 Å². The monoisotopic (exact) mass is 145 g/mol. The number of hydrogen-bond acceptors (Lipinski definition) is 3. The molecule has 0 saturated heterocycles. The molecule has 0 bridgehead atoms. The Kier molecular flexibility index (Phi) is 3.99. The molecule has 60 valence electrons. The zero-order chi connectivity index (χ0) is 8.15. The van der Waals surface area contributed by atoms with E-state index in [-0.39, 0.29) is 11.9 Å². The maximum atomic E-state index is 10.7. The van der Waals surface area contributed by atoms with Gasteiger partial charge in [0.05, 0.1) is 6.04 Å². The van der Waals surface area contributed by atoms with Gasteiger partial charge in [0.25, 0.3) is 5.91 Å². The zero-order valence-corrected chi connectivity index (χ0v) is 6.64. The lowest BCUT2D eigenvalue weighted by atomic mass is 10.3. The second-order valence-electron chi connectivity index (χ2n) is 2.58. The molecule has 0 aliphatic rings. The highest BCUT2D eigenvalue weighted by atomic mass is 16.2. The van der Waals surface area contributed by atoms with E-state index in [0.29, 0.717) is 0 Å². The molecular weight excluding hydrogens is 130 g/mol. The molecule has 4 heteroatoms.